The van der Waals surface area contributed by atoms with Crippen LogP contribution in [0.5, 0.6) is 17.2 Å². The molecule has 0 saturated carbocycles. The van der Waals surface area contributed by atoms with Crippen LogP contribution in [0, 0.1) is 13.8 Å². The number of furan rings is 1. The number of benzene rings is 2. The van der Waals surface area contributed by atoms with Gasteiger partial charge in [0.05, 0.1) is 13.7 Å². The first kappa shape index (κ1) is 20.3. The van der Waals surface area contributed by atoms with Crippen LogP contribution in [0.2, 0.25) is 0 Å². The summed E-state index contributed by atoms with van der Waals surface area (Å²) >= 11 is 0. The van der Waals surface area contributed by atoms with Crippen molar-refractivity contribution in [3.8, 4) is 17.2 Å². The number of carbonyl (C=O) groups excluding carboxylic acids is 1. The smallest absolute Gasteiger partial charge is 0.287 e. The second kappa shape index (κ2) is 9.68. The van der Waals surface area contributed by atoms with Gasteiger partial charge in [0.25, 0.3) is 5.91 Å². The molecule has 29 heavy (non-hydrogen) atoms. The molecule has 0 aliphatic rings. The van der Waals surface area contributed by atoms with Gasteiger partial charge in [-0.2, -0.15) is 0 Å². The van der Waals surface area contributed by atoms with Gasteiger partial charge in [0, 0.05) is 0 Å². The molecule has 0 aliphatic carbocycles. The highest BCUT2D eigenvalue weighted by Crippen LogP contribution is 2.21. The summed E-state index contributed by atoms with van der Waals surface area (Å²) in [6.07, 6.45) is 0. The minimum Gasteiger partial charge on any atom is -0.497 e. The Bertz CT molecular complexity index is 946. The summed E-state index contributed by atoms with van der Waals surface area (Å²) in [5.41, 5.74) is 2.24. The number of aryl methyl sites for hydroxylation is 2. The zero-order chi connectivity index (χ0) is 20.6. The van der Waals surface area contributed by atoms with Crippen molar-refractivity contribution in [2.45, 2.75) is 20.5 Å². The molecule has 1 heterocycles. The average Bonchev–Trinajstić information content (AvgIpc) is 3.20. The van der Waals surface area contributed by atoms with E-state index in [2.05, 4.69) is 11.4 Å². The number of hydrogen-bond donors (Lipinski definition) is 1. The van der Waals surface area contributed by atoms with Gasteiger partial charge >= 0.3 is 0 Å². The van der Waals surface area contributed by atoms with Crippen molar-refractivity contribution in [1.82, 2.24) is 5.32 Å². The molecule has 2 aromatic carbocycles. The van der Waals surface area contributed by atoms with Crippen LogP contribution in [-0.4, -0.2) is 26.2 Å². The first-order valence-electron chi connectivity index (χ1n) is 9.39. The standard InChI is InChI=1S/C23H25NO5/c1-16-4-10-21(17(2)14-16)28-15-20-9-11-22(29-20)23(25)24-12-13-27-19-7-5-18(26-3)6-8-19/h4-11,14H,12-13,15H2,1-3H3,(H,24,25). The summed E-state index contributed by atoms with van der Waals surface area (Å²) in [6, 6.07) is 16.6. The molecule has 0 saturated heterocycles. The van der Waals surface area contributed by atoms with Crippen LogP contribution >= 0.6 is 0 Å². The van der Waals surface area contributed by atoms with Gasteiger partial charge in [-0.1, -0.05) is 17.7 Å². The van der Waals surface area contributed by atoms with Crippen molar-refractivity contribution in [2.75, 3.05) is 20.3 Å². The van der Waals surface area contributed by atoms with Gasteiger partial charge in [-0.25, -0.2) is 0 Å². The molecule has 152 valence electrons. The number of carbonyl (C=O) groups is 1. The van der Waals surface area contributed by atoms with E-state index in [-0.39, 0.29) is 18.3 Å². The van der Waals surface area contributed by atoms with Crippen LogP contribution < -0.4 is 19.5 Å². The Hall–Kier alpha value is -3.41. The Kier molecular flexibility index (Phi) is 6.79. The maximum absolute atomic E-state index is 12.2. The Morgan fingerprint density at radius 3 is 2.45 bits per heavy atom. The third-order valence-corrected chi connectivity index (χ3v) is 4.30. The summed E-state index contributed by atoms with van der Waals surface area (Å²) in [7, 11) is 1.61. The molecule has 0 bridgehead atoms. The molecule has 3 rings (SSSR count). The fourth-order valence-electron chi connectivity index (χ4n) is 2.78. The number of ether oxygens (including phenoxy) is 3. The van der Waals surface area contributed by atoms with E-state index in [1.807, 2.05) is 50.2 Å². The van der Waals surface area contributed by atoms with Gasteiger partial charge in [-0.05, 0) is 61.9 Å². The van der Waals surface area contributed by atoms with Crippen molar-refractivity contribution in [3.05, 3.63) is 77.2 Å². The minimum atomic E-state index is -0.291. The molecule has 0 fully saturated rings. The number of rotatable bonds is 9. The monoisotopic (exact) mass is 395 g/mol. The van der Waals surface area contributed by atoms with Crippen LogP contribution in [0.3, 0.4) is 0 Å². The van der Waals surface area contributed by atoms with E-state index in [1.54, 1.807) is 19.2 Å². The van der Waals surface area contributed by atoms with Crippen LogP contribution in [0.1, 0.15) is 27.4 Å². The van der Waals surface area contributed by atoms with E-state index >= 15 is 0 Å². The predicted octanol–water partition coefficient (Wildman–Crippen LogP) is 4.29. The minimum absolute atomic E-state index is 0.244. The summed E-state index contributed by atoms with van der Waals surface area (Å²) in [5.74, 6) is 2.82. The lowest BCUT2D eigenvalue weighted by molar-refractivity contribution is 0.0915. The Morgan fingerprint density at radius 1 is 0.966 bits per heavy atom. The topological polar surface area (TPSA) is 69.9 Å². The average molecular weight is 395 g/mol. The molecule has 6 nitrogen and oxygen atoms in total. The largest absolute Gasteiger partial charge is 0.497 e. The molecule has 0 spiro atoms. The zero-order valence-electron chi connectivity index (χ0n) is 16.9. The van der Waals surface area contributed by atoms with Crippen LogP contribution in [0.15, 0.2) is 59.0 Å². The molecule has 1 amide bonds. The van der Waals surface area contributed by atoms with Crippen molar-refractivity contribution in [3.63, 3.8) is 0 Å². The maximum Gasteiger partial charge on any atom is 0.287 e. The van der Waals surface area contributed by atoms with Gasteiger partial charge in [0.1, 0.15) is 36.2 Å². The summed E-state index contributed by atoms with van der Waals surface area (Å²) in [6.45, 7) is 5.01. The van der Waals surface area contributed by atoms with Crippen LogP contribution in [-0.2, 0) is 6.61 Å². The molecule has 3 aromatic rings. The number of methoxy groups -OCH3 is 1. The first-order chi connectivity index (χ1) is 14.0. The molecular weight excluding hydrogens is 370 g/mol. The summed E-state index contributed by atoms with van der Waals surface area (Å²) < 4.78 is 22.0. The summed E-state index contributed by atoms with van der Waals surface area (Å²) in [4.78, 5) is 12.2. The molecular formula is C23H25NO5. The number of amides is 1. The Morgan fingerprint density at radius 2 is 1.72 bits per heavy atom. The van der Waals surface area contributed by atoms with Gasteiger partial charge in [-0.3, -0.25) is 4.79 Å². The molecule has 1 aromatic heterocycles. The molecule has 0 atom stereocenters. The summed E-state index contributed by atoms with van der Waals surface area (Å²) in [5, 5.41) is 2.77. The van der Waals surface area contributed by atoms with Crippen molar-refractivity contribution >= 4 is 5.91 Å². The molecule has 0 radical (unpaired) electrons. The van der Waals surface area contributed by atoms with Crippen LogP contribution in [0.25, 0.3) is 0 Å². The SMILES string of the molecule is COc1ccc(OCCNC(=O)c2ccc(COc3ccc(C)cc3C)o2)cc1. The van der Waals surface area contributed by atoms with Crippen molar-refractivity contribution < 1.29 is 23.4 Å². The highest BCUT2D eigenvalue weighted by molar-refractivity contribution is 5.91. The van der Waals surface area contributed by atoms with E-state index in [4.69, 9.17) is 18.6 Å². The first-order valence-corrected chi connectivity index (χ1v) is 9.39. The third-order valence-electron chi connectivity index (χ3n) is 4.30. The highest BCUT2D eigenvalue weighted by Gasteiger charge is 2.11. The van der Waals surface area contributed by atoms with Crippen molar-refractivity contribution in [2.24, 2.45) is 0 Å². The van der Waals surface area contributed by atoms with E-state index in [1.165, 1.54) is 5.56 Å². The maximum atomic E-state index is 12.2. The van der Waals surface area contributed by atoms with E-state index in [0.717, 1.165) is 17.1 Å². The van der Waals surface area contributed by atoms with Gasteiger partial charge in [0.2, 0.25) is 0 Å². The molecule has 0 unspecified atom stereocenters. The fourth-order valence-corrected chi connectivity index (χ4v) is 2.78. The normalized spacial score (nSPS) is 10.4. The second-order valence-electron chi connectivity index (χ2n) is 6.60. The lowest BCUT2D eigenvalue weighted by Gasteiger charge is -2.08. The second-order valence-corrected chi connectivity index (χ2v) is 6.60. The van der Waals surface area contributed by atoms with E-state index in [9.17, 15) is 4.79 Å². The highest BCUT2D eigenvalue weighted by atomic mass is 16.5. The van der Waals surface area contributed by atoms with Gasteiger partial charge in [-0.15, -0.1) is 0 Å². The lowest BCUT2D eigenvalue weighted by atomic mass is 10.1. The molecule has 1 N–H and O–H groups in total. The fraction of sp³-hybridized carbons (Fsp3) is 0.261. The van der Waals surface area contributed by atoms with E-state index in [0.29, 0.717) is 24.7 Å². The lowest BCUT2D eigenvalue weighted by Crippen LogP contribution is -2.27. The van der Waals surface area contributed by atoms with Gasteiger partial charge in [0.15, 0.2) is 5.76 Å². The number of nitrogens with one attached hydrogen (secondary N) is 1. The third kappa shape index (κ3) is 5.78. The quantitative estimate of drug-likeness (QED) is 0.547. The Balaban J connectivity index is 1.42. The predicted molar refractivity (Wildman–Crippen MR) is 110 cm³/mol. The van der Waals surface area contributed by atoms with Gasteiger partial charge < -0.3 is 23.9 Å². The van der Waals surface area contributed by atoms with Crippen molar-refractivity contribution in [1.29, 1.82) is 0 Å². The van der Waals surface area contributed by atoms with E-state index < -0.39 is 0 Å². The van der Waals surface area contributed by atoms with Crippen LogP contribution in [0.4, 0.5) is 0 Å². The Labute approximate surface area is 170 Å². The number of hydrogen-bond acceptors (Lipinski definition) is 5. The molecule has 0 aliphatic heterocycles. The molecule has 6 heteroatoms. The zero-order valence-corrected chi connectivity index (χ0v) is 16.9.